The molecule has 0 bridgehead atoms. The standard InChI is InChI=1S/C12H20ClN3O/c1-5-9-12(13)10(16(6-2)15-9)7-11(17)8(3)14-4/h8,14H,5-7H2,1-4H3. The third-order valence-electron chi connectivity index (χ3n) is 2.95. The highest BCUT2D eigenvalue weighted by molar-refractivity contribution is 6.32. The summed E-state index contributed by atoms with van der Waals surface area (Å²) in [6.07, 6.45) is 1.12. The largest absolute Gasteiger partial charge is 0.311 e. The van der Waals surface area contributed by atoms with Crippen molar-refractivity contribution < 1.29 is 4.79 Å². The molecule has 0 saturated carbocycles. The van der Waals surface area contributed by atoms with Gasteiger partial charge in [0.25, 0.3) is 0 Å². The SMILES string of the molecule is CCc1nn(CC)c(CC(=O)C(C)NC)c1Cl. The van der Waals surface area contributed by atoms with Gasteiger partial charge in [-0.05, 0) is 27.3 Å². The van der Waals surface area contributed by atoms with Crippen LogP contribution in [0, 0.1) is 0 Å². The number of Topliss-reactive ketones (excluding diaryl/α,β-unsaturated/α-hetero) is 1. The second-order valence-electron chi connectivity index (χ2n) is 4.03. The summed E-state index contributed by atoms with van der Waals surface area (Å²) < 4.78 is 1.82. The first kappa shape index (κ1) is 14.2. The molecule has 1 heterocycles. The summed E-state index contributed by atoms with van der Waals surface area (Å²) in [7, 11) is 1.78. The van der Waals surface area contributed by atoms with Crippen LogP contribution in [0.1, 0.15) is 32.2 Å². The lowest BCUT2D eigenvalue weighted by Gasteiger charge is -2.10. The zero-order valence-corrected chi connectivity index (χ0v) is 11.6. The zero-order chi connectivity index (χ0) is 13.0. The number of aryl methyl sites for hydroxylation is 2. The van der Waals surface area contributed by atoms with Gasteiger partial charge in [-0.2, -0.15) is 5.10 Å². The molecule has 1 atom stereocenters. The molecule has 1 rings (SSSR count). The number of carbonyl (C=O) groups is 1. The highest BCUT2D eigenvalue weighted by atomic mass is 35.5. The summed E-state index contributed by atoms with van der Waals surface area (Å²) in [6.45, 7) is 6.59. The van der Waals surface area contributed by atoms with Crippen LogP contribution in [0.2, 0.25) is 5.02 Å². The molecule has 0 aromatic carbocycles. The lowest BCUT2D eigenvalue weighted by Crippen LogP contribution is -2.32. The molecule has 5 heteroatoms. The van der Waals surface area contributed by atoms with Gasteiger partial charge in [-0.25, -0.2) is 0 Å². The lowest BCUT2D eigenvalue weighted by molar-refractivity contribution is -0.120. The third-order valence-corrected chi connectivity index (χ3v) is 3.39. The van der Waals surface area contributed by atoms with Gasteiger partial charge >= 0.3 is 0 Å². The number of hydrogen-bond acceptors (Lipinski definition) is 3. The molecule has 1 aromatic heterocycles. The minimum atomic E-state index is -0.156. The molecule has 1 aromatic rings. The van der Waals surface area contributed by atoms with E-state index < -0.39 is 0 Å². The smallest absolute Gasteiger partial charge is 0.155 e. The molecule has 4 nitrogen and oxygen atoms in total. The third kappa shape index (κ3) is 3.07. The van der Waals surface area contributed by atoms with Gasteiger partial charge in [-0.1, -0.05) is 18.5 Å². The quantitative estimate of drug-likeness (QED) is 0.846. The van der Waals surface area contributed by atoms with Gasteiger partial charge in [0.1, 0.15) is 0 Å². The highest BCUT2D eigenvalue weighted by Crippen LogP contribution is 2.22. The number of ketones is 1. The van der Waals surface area contributed by atoms with E-state index in [1.165, 1.54) is 0 Å². The van der Waals surface area contributed by atoms with Crippen molar-refractivity contribution in [2.45, 2.75) is 46.2 Å². The molecule has 0 amide bonds. The summed E-state index contributed by atoms with van der Waals surface area (Å²) in [4.78, 5) is 11.9. The molecule has 1 unspecified atom stereocenters. The van der Waals surface area contributed by atoms with Gasteiger partial charge in [0.05, 0.1) is 28.9 Å². The average Bonchev–Trinajstić information content (AvgIpc) is 2.65. The van der Waals surface area contributed by atoms with E-state index in [4.69, 9.17) is 11.6 Å². The molecular weight excluding hydrogens is 238 g/mol. The monoisotopic (exact) mass is 257 g/mol. The molecule has 17 heavy (non-hydrogen) atoms. The molecule has 0 radical (unpaired) electrons. The zero-order valence-electron chi connectivity index (χ0n) is 10.9. The molecule has 0 fully saturated rings. The molecular formula is C12H20ClN3O. The van der Waals surface area contributed by atoms with Crippen molar-refractivity contribution in [3.8, 4) is 0 Å². The fourth-order valence-electron chi connectivity index (χ4n) is 1.67. The Morgan fingerprint density at radius 3 is 2.65 bits per heavy atom. The van der Waals surface area contributed by atoms with Crippen LogP contribution in [0.15, 0.2) is 0 Å². The van der Waals surface area contributed by atoms with Crippen molar-refractivity contribution in [1.82, 2.24) is 15.1 Å². The summed E-state index contributed by atoms with van der Waals surface area (Å²) >= 11 is 6.24. The Kier molecular flexibility index (Phi) is 5.15. The first-order valence-electron chi connectivity index (χ1n) is 5.99. The van der Waals surface area contributed by atoms with E-state index in [0.29, 0.717) is 11.4 Å². The van der Waals surface area contributed by atoms with Crippen molar-refractivity contribution >= 4 is 17.4 Å². The molecule has 96 valence electrons. The molecule has 0 saturated heterocycles. The van der Waals surface area contributed by atoms with Gasteiger partial charge < -0.3 is 5.32 Å². The number of rotatable bonds is 6. The molecule has 0 aliphatic rings. The second kappa shape index (κ2) is 6.17. The van der Waals surface area contributed by atoms with Crippen LogP contribution in [0.3, 0.4) is 0 Å². The maximum Gasteiger partial charge on any atom is 0.155 e. The van der Waals surface area contributed by atoms with Crippen LogP contribution in [0.4, 0.5) is 0 Å². The fourth-order valence-corrected chi connectivity index (χ4v) is 2.00. The van der Waals surface area contributed by atoms with Crippen LogP contribution in [0.5, 0.6) is 0 Å². The second-order valence-corrected chi connectivity index (χ2v) is 4.41. The van der Waals surface area contributed by atoms with Crippen LogP contribution >= 0.6 is 11.6 Å². The molecule has 0 spiro atoms. The summed E-state index contributed by atoms with van der Waals surface area (Å²) in [5.41, 5.74) is 1.70. The first-order chi connectivity index (χ1) is 8.04. The molecule has 0 aliphatic carbocycles. The minimum absolute atomic E-state index is 0.131. The Balaban J connectivity index is 2.97. The van der Waals surface area contributed by atoms with Crippen LogP contribution in [-0.2, 0) is 24.2 Å². The number of halogens is 1. The van der Waals surface area contributed by atoms with Crippen molar-refractivity contribution in [3.63, 3.8) is 0 Å². The Morgan fingerprint density at radius 1 is 1.53 bits per heavy atom. The van der Waals surface area contributed by atoms with Crippen LogP contribution in [-0.4, -0.2) is 28.7 Å². The van der Waals surface area contributed by atoms with Crippen molar-refractivity contribution in [2.75, 3.05) is 7.05 Å². The van der Waals surface area contributed by atoms with Crippen LogP contribution in [0.25, 0.3) is 0 Å². The van der Waals surface area contributed by atoms with Crippen molar-refractivity contribution in [2.24, 2.45) is 0 Å². The number of likely N-dealkylation sites (N-methyl/N-ethyl adjacent to an activating group) is 1. The lowest BCUT2D eigenvalue weighted by atomic mass is 10.1. The van der Waals surface area contributed by atoms with Gasteiger partial charge in [0.2, 0.25) is 0 Å². The summed E-state index contributed by atoms with van der Waals surface area (Å²) in [5, 5.41) is 7.98. The highest BCUT2D eigenvalue weighted by Gasteiger charge is 2.19. The summed E-state index contributed by atoms with van der Waals surface area (Å²) in [5.74, 6) is 0.131. The molecule has 0 aliphatic heterocycles. The van der Waals surface area contributed by atoms with E-state index in [2.05, 4.69) is 10.4 Å². The normalized spacial score (nSPS) is 12.8. The van der Waals surface area contributed by atoms with E-state index in [1.54, 1.807) is 7.05 Å². The Bertz CT molecular complexity index is 401. The van der Waals surface area contributed by atoms with Gasteiger partial charge in [0.15, 0.2) is 5.78 Å². The van der Waals surface area contributed by atoms with Gasteiger partial charge in [-0.15, -0.1) is 0 Å². The fraction of sp³-hybridized carbons (Fsp3) is 0.667. The summed E-state index contributed by atoms with van der Waals surface area (Å²) in [6, 6.07) is -0.156. The minimum Gasteiger partial charge on any atom is -0.311 e. The number of nitrogens with one attached hydrogen (secondary N) is 1. The topological polar surface area (TPSA) is 46.9 Å². The first-order valence-corrected chi connectivity index (χ1v) is 6.36. The van der Waals surface area contributed by atoms with Crippen molar-refractivity contribution in [1.29, 1.82) is 0 Å². The Morgan fingerprint density at radius 2 is 2.18 bits per heavy atom. The van der Waals surface area contributed by atoms with Gasteiger partial charge in [0, 0.05) is 6.54 Å². The molecule has 1 N–H and O–H groups in total. The maximum atomic E-state index is 11.9. The van der Waals surface area contributed by atoms with E-state index >= 15 is 0 Å². The van der Waals surface area contributed by atoms with E-state index in [0.717, 1.165) is 24.4 Å². The van der Waals surface area contributed by atoms with Gasteiger partial charge in [-0.3, -0.25) is 9.48 Å². The number of carbonyl (C=O) groups excluding carboxylic acids is 1. The number of hydrogen-bond donors (Lipinski definition) is 1. The maximum absolute atomic E-state index is 11.9. The van der Waals surface area contributed by atoms with E-state index in [-0.39, 0.29) is 11.8 Å². The average molecular weight is 258 g/mol. The Hall–Kier alpha value is -0.870. The Labute approximate surface area is 107 Å². The van der Waals surface area contributed by atoms with Crippen LogP contribution < -0.4 is 5.32 Å². The predicted octanol–water partition coefficient (Wildman–Crippen LogP) is 1.84. The predicted molar refractivity (Wildman–Crippen MR) is 69.5 cm³/mol. The number of aromatic nitrogens is 2. The van der Waals surface area contributed by atoms with Crippen molar-refractivity contribution in [3.05, 3.63) is 16.4 Å². The van der Waals surface area contributed by atoms with E-state index in [9.17, 15) is 4.79 Å². The van der Waals surface area contributed by atoms with E-state index in [1.807, 2.05) is 25.5 Å². The number of nitrogens with zero attached hydrogens (tertiary/aromatic N) is 2.